The molecule has 7 heteroatoms. The van der Waals surface area contributed by atoms with Crippen LogP contribution in [0.25, 0.3) is 0 Å². The van der Waals surface area contributed by atoms with Gasteiger partial charge >= 0.3 is 0 Å². The van der Waals surface area contributed by atoms with Gasteiger partial charge in [-0.15, -0.1) is 11.3 Å². The van der Waals surface area contributed by atoms with Gasteiger partial charge in [0.25, 0.3) is 0 Å². The van der Waals surface area contributed by atoms with Crippen molar-refractivity contribution >= 4 is 39.6 Å². The quantitative estimate of drug-likeness (QED) is 0.844. The molecule has 5 nitrogen and oxygen atoms in total. The molecule has 1 N–H and O–H groups in total. The molecule has 3 heterocycles. The molecule has 0 atom stereocenters. The summed E-state index contributed by atoms with van der Waals surface area (Å²) in [6.07, 6.45) is 6.93. The van der Waals surface area contributed by atoms with Crippen LogP contribution in [0.3, 0.4) is 0 Å². The Kier molecular flexibility index (Phi) is 4.31. The summed E-state index contributed by atoms with van der Waals surface area (Å²) in [5.74, 6) is 0.554. The maximum atomic E-state index is 13.6. The molecule has 2 amide bonds. The third-order valence-corrected chi connectivity index (χ3v) is 8.13. The van der Waals surface area contributed by atoms with Gasteiger partial charge in [0.1, 0.15) is 0 Å². The van der Waals surface area contributed by atoms with Gasteiger partial charge in [0.05, 0.1) is 17.7 Å². The Morgan fingerprint density at radius 1 is 1.26 bits per heavy atom. The smallest absolute Gasteiger partial charge is 0.234 e. The summed E-state index contributed by atoms with van der Waals surface area (Å²) in [6.45, 7) is 1.34. The molecular weight excluding hydrogens is 378 g/mol. The van der Waals surface area contributed by atoms with Crippen LogP contribution in [0, 0.1) is 5.92 Å². The van der Waals surface area contributed by atoms with Crippen LogP contribution >= 0.6 is 22.7 Å². The normalized spacial score (nSPS) is 21.1. The molecule has 0 unspecified atom stereocenters. The van der Waals surface area contributed by atoms with E-state index in [1.165, 1.54) is 16.2 Å². The van der Waals surface area contributed by atoms with Crippen molar-refractivity contribution in [2.75, 3.05) is 11.9 Å². The van der Waals surface area contributed by atoms with Crippen molar-refractivity contribution in [3.05, 3.63) is 33.0 Å². The lowest BCUT2D eigenvalue weighted by Crippen LogP contribution is -2.46. The molecule has 2 aliphatic carbocycles. The maximum Gasteiger partial charge on any atom is 0.234 e. The van der Waals surface area contributed by atoms with E-state index >= 15 is 0 Å². The van der Waals surface area contributed by atoms with Gasteiger partial charge < -0.3 is 10.2 Å². The molecule has 2 saturated carbocycles. The highest BCUT2D eigenvalue weighted by Crippen LogP contribution is 2.45. The number of rotatable bonds is 4. The third kappa shape index (κ3) is 3.10. The lowest BCUT2D eigenvalue weighted by Gasteiger charge is -2.35. The molecule has 0 radical (unpaired) electrons. The monoisotopic (exact) mass is 401 g/mol. The third-order valence-electron chi connectivity index (χ3n) is 6.06. The van der Waals surface area contributed by atoms with E-state index in [1.807, 2.05) is 4.90 Å². The van der Waals surface area contributed by atoms with E-state index in [-0.39, 0.29) is 23.1 Å². The van der Waals surface area contributed by atoms with Gasteiger partial charge in [-0.25, -0.2) is 4.98 Å². The first-order valence-electron chi connectivity index (χ1n) is 9.78. The zero-order chi connectivity index (χ0) is 18.4. The number of carbonyl (C=O) groups excluding carboxylic acids is 2. The van der Waals surface area contributed by atoms with Crippen LogP contribution in [0.15, 0.2) is 17.5 Å². The van der Waals surface area contributed by atoms with E-state index in [9.17, 15) is 9.59 Å². The average Bonchev–Trinajstić information content (AvgIpc) is 3.08. The molecule has 0 bridgehead atoms. The molecule has 2 aromatic rings. The number of aromatic nitrogens is 1. The highest BCUT2D eigenvalue weighted by Gasteiger charge is 2.46. The zero-order valence-corrected chi connectivity index (χ0v) is 16.8. The first-order valence-corrected chi connectivity index (χ1v) is 11.5. The Morgan fingerprint density at radius 2 is 2.07 bits per heavy atom. The van der Waals surface area contributed by atoms with Crippen molar-refractivity contribution in [1.82, 2.24) is 9.88 Å². The molecule has 0 spiro atoms. The van der Waals surface area contributed by atoms with E-state index < -0.39 is 0 Å². The Hall–Kier alpha value is -1.73. The average molecular weight is 402 g/mol. The van der Waals surface area contributed by atoms with Crippen LogP contribution in [-0.4, -0.2) is 28.2 Å². The summed E-state index contributed by atoms with van der Waals surface area (Å²) < 4.78 is 0. The Morgan fingerprint density at radius 3 is 2.78 bits per heavy atom. The van der Waals surface area contributed by atoms with Gasteiger partial charge in [-0.2, -0.15) is 0 Å². The fraction of sp³-hybridized carbons (Fsp3) is 0.550. The number of thiophene rings is 1. The lowest BCUT2D eigenvalue weighted by molar-refractivity contribution is -0.138. The van der Waals surface area contributed by atoms with Crippen molar-refractivity contribution in [2.24, 2.45) is 5.92 Å². The van der Waals surface area contributed by atoms with Crippen LogP contribution in [0.4, 0.5) is 5.13 Å². The molecular formula is C20H23N3O2S2. The lowest BCUT2D eigenvalue weighted by atomic mass is 9.82. The minimum absolute atomic E-state index is 0.0941. The van der Waals surface area contributed by atoms with E-state index in [1.54, 1.807) is 11.3 Å². The van der Waals surface area contributed by atoms with Gasteiger partial charge in [0.15, 0.2) is 5.13 Å². The molecule has 142 valence electrons. The van der Waals surface area contributed by atoms with E-state index in [0.29, 0.717) is 11.7 Å². The van der Waals surface area contributed by atoms with Gasteiger partial charge in [-0.05, 0) is 37.1 Å². The molecule has 5 rings (SSSR count). The van der Waals surface area contributed by atoms with Crippen molar-refractivity contribution in [2.45, 2.75) is 56.9 Å². The second kappa shape index (κ2) is 6.71. The van der Waals surface area contributed by atoms with Crippen LogP contribution in [-0.2, 0) is 28.0 Å². The number of thiazole rings is 1. The number of amides is 2. The molecule has 2 fully saturated rings. The molecule has 0 aromatic carbocycles. The molecule has 0 saturated heterocycles. The van der Waals surface area contributed by atoms with E-state index in [0.717, 1.165) is 62.1 Å². The van der Waals surface area contributed by atoms with Crippen LogP contribution in [0.1, 0.15) is 54.0 Å². The highest BCUT2D eigenvalue weighted by molar-refractivity contribution is 7.15. The maximum absolute atomic E-state index is 13.6. The predicted octanol–water partition coefficient (Wildman–Crippen LogP) is 3.95. The second-order valence-corrected chi connectivity index (χ2v) is 9.93. The first-order chi connectivity index (χ1) is 13.2. The van der Waals surface area contributed by atoms with Gasteiger partial charge in [-0.3, -0.25) is 9.59 Å². The van der Waals surface area contributed by atoms with E-state index in [4.69, 9.17) is 0 Å². The van der Waals surface area contributed by atoms with Gasteiger partial charge in [0.2, 0.25) is 11.8 Å². The minimum Gasteiger partial charge on any atom is -0.336 e. The first kappa shape index (κ1) is 17.4. The number of hydrogen-bond donors (Lipinski definition) is 1. The zero-order valence-electron chi connectivity index (χ0n) is 15.2. The fourth-order valence-corrected chi connectivity index (χ4v) is 6.38. The highest BCUT2D eigenvalue weighted by atomic mass is 32.1. The molecule has 3 aliphatic rings. The number of nitrogens with one attached hydrogen (secondary N) is 1. The summed E-state index contributed by atoms with van der Waals surface area (Å²) in [6, 6.07) is 4.18. The summed E-state index contributed by atoms with van der Waals surface area (Å²) in [5.41, 5.74) is 0.728. The van der Waals surface area contributed by atoms with Gasteiger partial charge in [0, 0.05) is 28.6 Å². The summed E-state index contributed by atoms with van der Waals surface area (Å²) in [5, 5.41) is 5.73. The molecule has 2 aromatic heterocycles. The molecule has 27 heavy (non-hydrogen) atoms. The number of anilines is 1. The fourth-order valence-electron chi connectivity index (χ4n) is 4.37. The summed E-state index contributed by atoms with van der Waals surface area (Å²) >= 11 is 3.25. The number of hydrogen-bond acceptors (Lipinski definition) is 5. The van der Waals surface area contributed by atoms with Crippen molar-refractivity contribution in [3.63, 3.8) is 0 Å². The summed E-state index contributed by atoms with van der Waals surface area (Å²) in [7, 11) is 0. The minimum atomic E-state index is -0.320. The van der Waals surface area contributed by atoms with Crippen molar-refractivity contribution in [1.29, 1.82) is 0 Å². The van der Waals surface area contributed by atoms with Crippen molar-refractivity contribution < 1.29 is 9.59 Å². The second-order valence-electron chi connectivity index (χ2n) is 7.90. The van der Waals surface area contributed by atoms with E-state index in [2.05, 4.69) is 27.8 Å². The predicted molar refractivity (Wildman–Crippen MR) is 107 cm³/mol. The van der Waals surface area contributed by atoms with Crippen LogP contribution in [0.2, 0.25) is 0 Å². The SMILES string of the molecule is O=C(Nc1nc2c(s1)CN(C(=O)C1(c3cccs3)CCCC1)CC2)C1CC1. The standard InChI is InChI=1S/C20H23N3O2S2/c24-17(13-5-6-13)22-19-21-14-7-10-23(12-15(14)27-19)18(25)20(8-1-2-9-20)16-4-3-11-26-16/h3-4,11,13H,1-2,5-10,12H2,(H,21,22,24). The number of nitrogens with zero attached hydrogens (tertiary/aromatic N) is 2. The Bertz CT molecular complexity index is 864. The van der Waals surface area contributed by atoms with Gasteiger partial charge in [-0.1, -0.05) is 30.2 Å². The topological polar surface area (TPSA) is 62.3 Å². The van der Waals surface area contributed by atoms with Crippen LogP contribution < -0.4 is 5.32 Å². The Balaban J connectivity index is 1.34. The Labute approximate surface area is 166 Å². The number of carbonyl (C=O) groups is 2. The summed E-state index contributed by atoms with van der Waals surface area (Å²) in [4.78, 5) is 34.5. The van der Waals surface area contributed by atoms with Crippen molar-refractivity contribution in [3.8, 4) is 0 Å². The molecule has 1 aliphatic heterocycles. The largest absolute Gasteiger partial charge is 0.336 e. The van der Waals surface area contributed by atoms with Crippen LogP contribution in [0.5, 0.6) is 0 Å². The number of fused-ring (bicyclic) bond motifs is 1.